The minimum atomic E-state index is -0.264. The van der Waals surface area contributed by atoms with Gasteiger partial charge in [0, 0.05) is 48.3 Å². The molecule has 1 aliphatic heterocycles. The molecule has 3 aromatic rings. The van der Waals surface area contributed by atoms with Gasteiger partial charge in [-0.15, -0.1) is 11.3 Å². The molecule has 5 rings (SSSR count). The predicted molar refractivity (Wildman–Crippen MR) is 104 cm³/mol. The van der Waals surface area contributed by atoms with E-state index in [1.54, 1.807) is 17.4 Å². The molecule has 0 unspecified atom stereocenters. The standard InChI is InChI=1S/C20H20FN5S/c21-14-3-1-2-13(10-14)19-24-17-6-8-26(12-18-22-7-9-27-18)11-16(17)20(25-19)23-15-4-5-15/h1-3,7,9-10,15H,4-6,8,11-12H2,(H,23,24,25). The third-order valence-corrected chi connectivity index (χ3v) is 5.75. The van der Waals surface area contributed by atoms with Crippen LogP contribution in [0.3, 0.4) is 0 Å². The molecule has 138 valence electrons. The van der Waals surface area contributed by atoms with Crippen LogP contribution >= 0.6 is 11.3 Å². The van der Waals surface area contributed by atoms with E-state index in [-0.39, 0.29) is 5.82 Å². The van der Waals surface area contributed by atoms with Crippen molar-refractivity contribution >= 4 is 17.2 Å². The van der Waals surface area contributed by atoms with Gasteiger partial charge in [-0.2, -0.15) is 0 Å². The van der Waals surface area contributed by atoms with E-state index in [1.807, 2.05) is 17.6 Å². The van der Waals surface area contributed by atoms with Gasteiger partial charge in [0.2, 0.25) is 0 Å². The first-order chi connectivity index (χ1) is 13.2. The van der Waals surface area contributed by atoms with Gasteiger partial charge in [-0.05, 0) is 25.0 Å². The van der Waals surface area contributed by atoms with Gasteiger partial charge < -0.3 is 5.32 Å². The zero-order valence-corrected chi connectivity index (χ0v) is 15.7. The van der Waals surface area contributed by atoms with Crippen molar-refractivity contribution in [1.82, 2.24) is 19.9 Å². The van der Waals surface area contributed by atoms with E-state index in [4.69, 9.17) is 9.97 Å². The van der Waals surface area contributed by atoms with Gasteiger partial charge in [-0.1, -0.05) is 12.1 Å². The third kappa shape index (κ3) is 3.70. The minimum Gasteiger partial charge on any atom is -0.367 e. The second-order valence-corrected chi connectivity index (χ2v) is 8.12. The number of halogens is 1. The number of hydrogen-bond acceptors (Lipinski definition) is 6. The molecule has 1 N–H and O–H groups in total. The van der Waals surface area contributed by atoms with Crippen molar-refractivity contribution in [3.05, 3.63) is 57.9 Å². The Morgan fingerprint density at radius 3 is 2.96 bits per heavy atom. The van der Waals surface area contributed by atoms with Crippen molar-refractivity contribution in [2.75, 3.05) is 11.9 Å². The van der Waals surface area contributed by atoms with Crippen molar-refractivity contribution in [3.63, 3.8) is 0 Å². The molecule has 1 saturated carbocycles. The molecule has 0 saturated heterocycles. The fraction of sp³-hybridized carbons (Fsp3) is 0.350. The summed E-state index contributed by atoms with van der Waals surface area (Å²) in [5.41, 5.74) is 2.97. The van der Waals surface area contributed by atoms with Crippen LogP contribution in [0.2, 0.25) is 0 Å². The third-order valence-electron chi connectivity index (χ3n) is 4.98. The molecule has 1 fully saturated rings. The second kappa shape index (κ2) is 6.98. The number of aromatic nitrogens is 3. The molecule has 0 bridgehead atoms. The minimum absolute atomic E-state index is 0.264. The predicted octanol–water partition coefficient (Wildman–Crippen LogP) is 3.87. The molecular formula is C20H20FN5S. The second-order valence-electron chi connectivity index (χ2n) is 7.14. The number of nitrogens with zero attached hydrogens (tertiary/aromatic N) is 4. The molecular weight excluding hydrogens is 361 g/mol. The van der Waals surface area contributed by atoms with E-state index < -0.39 is 0 Å². The molecule has 2 aromatic heterocycles. The van der Waals surface area contributed by atoms with E-state index in [0.717, 1.165) is 48.1 Å². The van der Waals surface area contributed by atoms with E-state index in [9.17, 15) is 4.39 Å². The lowest BCUT2D eigenvalue weighted by Gasteiger charge is -2.29. The first-order valence-corrected chi connectivity index (χ1v) is 10.2. The van der Waals surface area contributed by atoms with Crippen LogP contribution in [0.25, 0.3) is 11.4 Å². The summed E-state index contributed by atoms with van der Waals surface area (Å²) in [7, 11) is 0. The molecule has 7 heteroatoms. The number of hydrogen-bond donors (Lipinski definition) is 1. The van der Waals surface area contributed by atoms with Crippen molar-refractivity contribution in [3.8, 4) is 11.4 Å². The molecule has 1 aromatic carbocycles. The Morgan fingerprint density at radius 1 is 1.26 bits per heavy atom. The van der Waals surface area contributed by atoms with Gasteiger partial charge in [0.1, 0.15) is 16.6 Å². The van der Waals surface area contributed by atoms with Crippen LogP contribution < -0.4 is 5.32 Å². The van der Waals surface area contributed by atoms with Crippen LogP contribution in [0.15, 0.2) is 35.8 Å². The lowest BCUT2D eigenvalue weighted by Crippen LogP contribution is -2.32. The van der Waals surface area contributed by atoms with Crippen LogP contribution in [0.1, 0.15) is 29.1 Å². The summed E-state index contributed by atoms with van der Waals surface area (Å²) >= 11 is 1.69. The van der Waals surface area contributed by atoms with Crippen molar-refractivity contribution in [2.24, 2.45) is 0 Å². The fourth-order valence-electron chi connectivity index (χ4n) is 3.42. The Labute approximate surface area is 161 Å². The topological polar surface area (TPSA) is 53.9 Å². The Hall–Kier alpha value is -2.38. The summed E-state index contributed by atoms with van der Waals surface area (Å²) in [6.45, 7) is 2.61. The molecule has 1 aliphatic carbocycles. The summed E-state index contributed by atoms with van der Waals surface area (Å²) < 4.78 is 13.7. The average molecular weight is 381 g/mol. The van der Waals surface area contributed by atoms with Gasteiger partial charge in [-0.3, -0.25) is 4.90 Å². The number of rotatable bonds is 5. The zero-order valence-electron chi connectivity index (χ0n) is 14.9. The number of benzene rings is 1. The first-order valence-electron chi connectivity index (χ1n) is 9.27. The normalized spacial score (nSPS) is 16.9. The molecule has 27 heavy (non-hydrogen) atoms. The molecule has 3 heterocycles. The highest BCUT2D eigenvalue weighted by Gasteiger charge is 2.27. The SMILES string of the molecule is Fc1cccc(-c2nc3c(c(NC4CC4)n2)CN(Cc2nccs2)CC3)c1. The highest BCUT2D eigenvalue weighted by Crippen LogP contribution is 2.32. The Bertz CT molecular complexity index is 955. The molecule has 0 radical (unpaired) electrons. The quantitative estimate of drug-likeness (QED) is 0.727. The Morgan fingerprint density at radius 2 is 2.19 bits per heavy atom. The van der Waals surface area contributed by atoms with Crippen LogP contribution in [0.4, 0.5) is 10.2 Å². The summed E-state index contributed by atoms with van der Waals surface area (Å²) in [5.74, 6) is 1.25. The number of fused-ring (bicyclic) bond motifs is 1. The van der Waals surface area contributed by atoms with Crippen molar-refractivity contribution in [2.45, 2.75) is 38.4 Å². The zero-order chi connectivity index (χ0) is 18.2. The molecule has 0 amide bonds. The summed E-state index contributed by atoms with van der Waals surface area (Å²) in [6, 6.07) is 7.02. The lowest BCUT2D eigenvalue weighted by atomic mass is 10.0. The van der Waals surface area contributed by atoms with Gasteiger partial charge in [0.15, 0.2) is 5.82 Å². The maximum Gasteiger partial charge on any atom is 0.161 e. The highest BCUT2D eigenvalue weighted by molar-refractivity contribution is 7.09. The van der Waals surface area contributed by atoms with Gasteiger partial charge in [0.25, 0.3) is 0 Å². The van der Waals surface area contributed by atoms with Gasteiger partial charge >= 0.3 is 0 Å². The average Bonchev–Trinajstić information content (AvgIpc) is 3.34. The van der Waals surface area contributed by atoms with E-state index in [0.29, 0.717) is 11.9 Å². The largest absolute Gasteiger partial charge is 0.367 e. The summed E-state index contributed by atoms with van der Waals surface area (Å²) in [5, 5.41) is 6.71. The molecule has 0 atom stereocenters. The van der Waals surface area contributed by atoms with Gasteiger partial charge in [0.05, 0.1) is 12.2 Å². The molecule has 2 aliphatic rings. The molecule has 0 spiro atoms. The highest BCUT2D eigenvalue weighted by atomic mass is 32.1. The Balaban J connectivity index is 1.48. The molecule has 5 nitrogen and oxygen atoms in total. The lowest BCUT2D eigenvalue weighted by molar-refractivity contribution is 0.243. The maximum atomic E-state index is 13.7. The van der Waals surface area contributed by atoms with Crippen LogP contribution in [-0.2, 0) is 19.5 Å². The first kappa shape index (κ1) is 16.8. The van der Waals surface area contributed by atoms with E-state index in [2.05, 4.69) is 15.2 Å². The van der Waals surface area contributed by atoms with Crippen LogP contribution in [0.5, 0.6) is 0 Å². The van der Waals surface area contributed by atoms with Crippen molar-refractivity contribution < 1.29 is 4.39 Å². The number of anilines is 1. The van der Waals surface area contributed by atoms with Gasteiger partial charge in [-0.25, -0.2) is 19.3 Å². The Kier molecular flexibility index (Phi) is 4.33. The fourth-order valence-corrected chi connectivity index (χ4v) is 4.08. The number of thiazole rings is 1. The van der Waals surface area contributed by atoms with Crippen LogP contribution in [-0.4, -0.2) is 32.4 Å². The maximum absolute atomic E-state index is 13.7. The summed E-state index contributed by atoms with van der Waals surface area (Å²) in [6.07, 6.45) is 5.07. The smallest absolute Gasteiger partial charge is 0.161 e. The van der Waals surface area contributed by atoms with Crippen molar-refractivity contribution in [1.29, 1.82) is 0 Å². The number of nitrogens with one attached hydrogen (secondary N) is 1. The van der Waals surface area contributed by atoms with E-state index in [1.165, 1.54) is 30.5 Å². The van der Waals surface area contributed by atoms with Crippen LogP contribution in [0, 0.1) is 5.82 Å². The summed E-state index contributed by atoms with van der Waals surface area (Å²) in [4.78, 5) is 16.4. The monoisotopic (exact) mass is 381 g/mol. The van der Waals surface area contributed by atoms with E-state index >= 15 is 0 Å².